The highest BCUT2D eigenvalue weighted by molar-refractivity contribution is 7.61. The highest BCUT2D eigenvalue weighted by Gasteiger charge is 2.12. The molecule has 6 heteroatoms. The molecule has 3 nitrogen and oxygen atoms in total. The zero-order chi connectivity index (χ0) is 10.1. The van der Waals surface area contributed by atoms with Crippen molar-refractivity contribution in [3.63, 3.8) is 0 Å². The first-order chi connectivity index (χ1) is 5.88. The molecule has 1 aromatic rings. The minimum Gasteiger partial charge on any atom is -0.324 e. The Morgan fingerprint density at radius 1 is 1.46 bits per heavy atom. The van der Waals surface area contributed by atoms with E-state index in [0.29, 0.717) is 11.7 Å². The van der Waals surface area contributed by atoms with E-state index in [1.54, 1.807) is 13.3 Å². The maximum absolute atomic E-state index is 11.5. The van der Waals surface area contributed by atoms with Gasteiger partial charge in [0, 0.05) is 17.9 Å². The summed E-state index contributed by atoms with van der Waals surface area (Å²) in [4.78, 5) is 7.53. The largest absolute Gasteiger partial charge is 0.324 e. The van der Waals surface area contributed by atoms with Crippen LogP contribution < -0.4 is 0 Å². The molecule has 13 heavy (non-hydrogen) atoms. The Morgan fingerprint density at radius 2 is 2.08 bits per heavy atom. The molecule has 1 rings (SSSR count). The average Bonchev–Trinajstić information content (AvgIpc) is 1.93. The van der Waals surface area contributed by atoms with Gasteiger partial charge in [-0.1, -0.05) is 11.6 Å². The van der Waals surface area contributed by atoms with Crippen LogP contribution in [0.25, 0.3) is 0 Å². The molecule has 1 heterocycles. The van der Waals surface area contributed by atoms with Crippen LogP contribution >= 0.6 is 30.3 Å². The predicted molar refractivity (Wildman–Crippen MR) is 55.2 cm³/mol. The number of aromatic nitrogens is 2. The Hall–Kier alpha value is -0.110. The molecule has 0 aromatic carbocycles. The van der Waals surface area contributed by atoms with E-state index in [1.165, 1.54) is 6.20 Å². The van der Waals surface area contributed by atoms with Gasteiger partial charge in [-0.15, -0.1) is 0 Å². The Morgan fingerprint density at radius 3 is 2.54 bits per heavy atom. The number of hydrogen-bond acceptors (Lipinski definition) is 3. The van der Waals surface area contributed by atoms with E-state index in [9.17, 15) is 4.57 Å². The quantitative estimate of drug-likeness (QED) is 0.452. The number of halogens is 2. The van der Waals surface area contributed by atoms with E-state index in [0.717, 1.165) is 0 Å². The van der Waals surface area contributed by atoms with Crippen LogP contribution in [0.1, 0.15) is 5.56 Å². The Balaban J connectivity index is 2.97. The van der Waals surface area contributed by atoms with Crippen LogP contribution in [0.3, 0.4) is 0 Å². The van der Waals surface area contributed by atoms with Gasteiger partial charge >= 0.3 is 0 Å². The molecule has 0 spiro atoms. The van der Waals surface area contributed by atoms with Gasteiger partial charge < -0.3 is 4.57 Å². The molecule has 0 amide bonds. The first kappa shape index (κ1) is 11.0. The molecule has 72 valence electrons. The third-order valence-electron chi connectivity index (χ3n) is 1.33. The van der Waals surface area contributed by atoms with Crippen LogP contribution in [0.4, 0.5) is 0 Å². The molecular weight excluding hydrogens is 230 g/mol. The van der Waals surface area contributed by atoms with Gasteiger partial charge in [-0.25, -0.2) is 9.97 Å². The van der Waals surface area contributed by atoms with Crippen molar-refractivity contribution in [2.75, 3.05) is 13.3 Å². The molecule has 1 aromatic heterocycles. The second-order valence-corrected chi connectivity index (χ2v) is 7.35. The van der Waals surface area contributed by atoms with Crippen LogP contribution in [0.5, 0.6) is 0 Å². The summed E-state index contributed by atoms with van der Waals surface area (Å²) in [6.07, 6.45) is 1.92. The molecular formula is C7H9Cl2N2OP. The highest BCUT2D eigenvalue weighted by atomic mass is 35.5. The van der Waals surface area contributed by atoms with Crippen LogP contribution in [0.15, 0.2) is 6.20 Å². The molecule has 0 bridgehead atoms. The first-order valence-corrected chi connectivity index (χ1v) is 7.13. The fraction of sp³-hybridized carbons (Fsp3) is 0.429. The lowest BCUT2D eigenvalue weighted by Gasteiger charge is -2.06. The summed E-state index contributed by atoms with van der Waals surface area (Å²) in [5.74, 6) is 0. The Kier molecular flexibility index (Phi) is 3.33. The number of rotatable bonds is 2. The van der Waals surface area contributed by atoms with Crippen molar-refractivity contribution in [2.24, 2.45) is 0 Å². The molecule has 0 radical (unpaired) electrons. The Bertz CT molecular complexity index is 364. The first-order valence-electron chi connectivity index (χ1n) is 3.59. The summed E-state index contributed by atoms with van der Waals surface area (Å²) in [7, 11) is -2.14. The summed E-state index contributed by atoms with van der Waals surface area (Å²) < 4.78 is 11.5. The van der Waals surface area contributed by atoms with Gasteiger partial charge in [-0.05, 0) is 24.9 Å². The summed E-state index contributed by atoms with van der Waals surface area (Å²) in [5.41, 5.74) is 0.680. The fourth-order valence-electron chi connectivity index (χ4n) is 0.882. The van der Waals surface area contributed by atoms with Crippen LogP contribution in [0.2, 0.25) is 10.4 Å². The van der Waals surface area contributed by atoms with Crippen molar-refractivity contribution in [3.05, 3.63) is 22.2 Å². The van der Waals surface area contributed by atoms with Crippen LogP contribution in [-0.2, 0) is 10.7 Å². The Labute approximate surface area is 86.9 Å². The van der Waals surface area contributed by atoms with Crippen molar-refractivity contribution in [1.82, 2.24) is 9.97 Å². The van der Waals surface area contributed by atoms with Gasteiger partial charge in [0.1, 0.15) is 5.15 Å². The smallest absolute Gasteiger partial charge is 0.223 e. The zero-order valence-electron chi connectivity index (χ0n) is 7.29. The minimum absolute atomic E-state index is 0.107. The summed E-state index contributed by atoms with van der Waals surface area (Å²) >= 11 is 11.3. The van der Waals surface area contributed by atoms with Crippen molar-refractivity contribution < 1.29 is 4.57 Å². The molecule has 0 unspecified atom stereocenters. The predicted octanol–water partition coefficient (Wildman–Crippen LogP) is 2.91. The molecule has 0 atom stereocenters. The van der Waals surface area contributed by atoms with Gasteiger partial charge in [0.25, 0.3) is 0 Å². The monoisotopic (exact) mass is 238 g/mol. The van der Waals surface area contributed by atoms with Crippen LogP contribution in [-0.4, -0.2) is 23.3 Å². The molecule has 0 saturated carbocycles. The lowest BCUT2D eigenvalue weighted by molar-refractivity contribution is 0.581. The summed E-state index contributed by atoms with van der Waals surface area (Å²) in [5, 5.41) is 0.389. The standard InChI is InChI=1S/C7H9Cl2N2OP/c1-13(2,12)4-5-3-10-7(9)11-6(5)8/h3H,4H2,1-2H3. The minimum atomic E-state index is -2.14. The third kappa shape index (κ3) is 3.63. The maximum Gasteiger partial charge on any atom is 0.223 e. The number of nitrogens with zero attached hydrogens (tertiary/aromatic N) is 2. The van der Waals surface area contributed by atoms with E-state index in [4.69, 9.17) is 23.2 Å². The van der Waals surface area contributed by atoms with E-state index in [2.05, 4.69) is 9.97 Å². The van der Waals surface area contributed by atoms with E-state index < -0.39 is 7.14 Å². The molecule has 0 aliphatic carbocycles. The zero-order valence-corrected chi connectivity index (χ0v) is 9.70. The molecule has 0 N–H and O–H groups in total. The molecule has 0 saturated heterocycles. The summed E-state index contributed by atoms with van der Waals surface area (Å²) in [6, 6.07) is 0. The fourth-order valence-corrected chi connectivity index (χ4v) is 2.40. The normalized spacial score (nSPS) is 11.7. The molecule has 0 aliphatic heterocycles. The van der Waals surface area contributed by atoms with E-state index in [1.807, 2.05) is 0 Å². The van der Waals surface area contributed by atoms with Crippen molar-refractivity contribution in [1.29, 1.82) is 0 Å². The maximum atomic E-state index is 11.5. The van der Waals surface area contributed by atoms with Crippen molar-refractivity contribution >= 4 is 30.3 Å². The second kappa shape index (κ2) is 3.95. The lowest BCUT2D eigenvalue weighted by atomic mass is 10.4. The van der Waals surface area contributed by atoms with Crippen molar-refractivity contribution in [2.45, 2.75) is 6.16 Å². The van der Waals surface area contributed by atoms with E-state index in [-0.39, 0.29) is 10.4 Å². The summed E-state index contributed by atoms with van der Waals surface area (Å²) in [6.45, 7) is 3.38. The van der Waals surface area contributed by atoms with Crippen molar-refractivity contribution in [3.8, 4) is 0 Å². The highest BCUT2D eigenvalue weighted by Crippen LogP contribution is 2.41. The average molecular weight is 239 g/mol. The topological polar surface area (TPSA) is 42.9 Å². The number of hydrogen-bond donors (Lipinski definition) is 0. The van der Waals surface area contributed by atoms with Gasteiger partial charge in [0.15, 0.2) is 0 Å². The molecule has 0 fully saturated rings. The second-order valence-electron chi connectivity index (χ2n) is 3.19. The van der Waals surface area contributed by atoms with Gasteiger partial charge in [0.2, 0.25) is 5.28 Å². The SMILES string of the molecule is CP(C)(=O)Cc1cnc(Cl)nc1Cl. The molecule has 0 aliphatic rings. The van der Waals surface area contributed by atoms with E-state index >= 15 is 0 Å². The third-order valence-corrected chi connectivity index (χ3v) is 2.95. The lowest BCUT2D eigenvalue weighted by Crippen LogP contribution is -1.92. The van der Waals surface area contributed by atoms with Gasteiger partial charge in [-0.2, -0.15) is 0 Å². The van der Waals surface area contributed by atoms with Gasteiger partial charge in [-0.3, -0.25) is 0 Å². The van der Waals surface area contributed by atoms with Crippen LogP contribution in [0, 0.1) is 0 Å². The van der Waals surface area contributed by atoms with Gasteiger partial charge in [0.05, 0.1) is 7.14 Å².